The molecule has 1 aromatic heterocycles. The Hall–Kier alpha value is -3.06. The van der Waals surface area contributed by atoms with Crippen molar-refractivity contribution >= 4 is 28.1 Å². The number of amides is 1. The van der Waals surface area contributed by atoms with Crippen molar-refractivity contribution in [1.29, 1.82) is 0 Å². The number of para-hydroxylation sites is 2. The third-order valence-electron chi connectivity index (χ3n) is 3.92. The summed E-state index contributed by atoms with van der Waals surface area (Å²) in [5.41, 5.74) is 3.40. The lowest BCUT2D eigenvalue weighted by atomic mass is 10.2. The number of hydrazone groups is 1. The second-order valence-electron chi connectivity index (χ2n) is 5.81. The van der Waals surface area contributed by atoms with Gasteiger partial charge < -0.3 is 13.9 Å². The smallest absolute Gasteiger partial charge is 0.284 e. The first-order valence-electron chi connectivity index (χ1n) is 8.26. The van der Waals surface area contributed by atoms with Gasteiger partial charge in [0.25, 0.3) is 5.91 Å². The molecule has 1 unspecified atom stereocenters. The topological polar surface area (TPSA) is 73.1 Å². The molecule has 3 aromatic rings. The molecule has 0 aliphatic carbocycles. The van der Waals surface area contributed by atoms with Gasteiger partial charge in [-0.15, -0.1) is 0 Å². The fourth-order valence-corrected chi connectivity index (χ4v) is 2.84. The lowest BCUT2D eigenvalue weighted by Gasteiger charge is -2.24. The molecule has 1 atom stereocenters. The summed E-state index contributed by atoms with van der Waals surface area (Å²) in [4.78, 5) is 12.2. The SMILES string of the molecule is O=C(NN=Cc1ccc(-c2ccc(Br)cc2)o1)C1COc2ccccc2O1. The largest absolute Gasteiger partial charge is 0.485 e. The van der Waals surface area contributed by atoms with Crippen molar-refractivity contribution in [3.63, 3.8) is 0 Å². The van der Waals surface area contributed by atoms with Crippen molar-refractivity contribution < 1.29 is 18.7 Å². The standard InChI is InChI=1S/C20H15BrN2O4/c21-14-7-5-13(6-8-14)16-10-9-15(26-16)11-22-23-20(24)19-12-25-17-3-1-2-4-18(17)27-19/h1-11,19H,12H2,(H,23,24). The predicted octanol–water partition coefficient (Wildman–Crippen LogP) is 4.00. The average Bonchev–Trinajstić information content (AvgIpc) is 3.17. The quantitative estimate of drug-likeness (QED) is 0.505. The number of furan rings is 1. The number of fused-ring (bicyclic) bond motifs is 1. The lowest BCUT2D eigenvalue weighted by molar-refractivity contribution is -0.130. The summed E-state index contributed by atoms with van der Waals surface area (Å²) in [6, 6.07) is 18.6. The molecule has 6 nitrogen and oxygen atoms in total. The molecular weight excluding hydrogens is 412 g/mol. The number of nitrogens with zero attached hydrogens (tertiary/aromatic N) is 1. The molecule has 2 heterocycles. The highest BCUT2D eigenvalue weighted by molar-refractivity contribution is 9.10. The molecule has 136 valence electrons. The molecule has 1 aliphatic heterocycles. The molecule has 4 rings (SSSR count). The second kappa shape index (κ2) is 7.67. The molecule has 0 saturated carbocycles. The van der Waals surface area contributed by atoms with Gasteiger partial charge in [0.1, 0.15) is 18.1 Å². The van der Waals surface area contributed by atoms with Gasteiger partial charge in [-0.05, 0) is 36.4 Å². The lowest BCUT2D eigenvalue weighted by Crippen LogP contribution is -2.42. The first kappa shape index (κ1) is 17.4. The fraction of sp³-hybridized carbons (Fsp3) is 0.100. The van der Waals surface area contributed by atoms with Gasteiger partial charge in [-0.2, -0.15) is 5.10 Å². The monoisotopic (exact) mass is 426 g/mol. The van der Waals surface area contributed by atoms with Crippen LogP contribution in [0.4, 0.5) is 0 Å². The minimum atomic E-state index is -0.757. The van der Waals surface area contributed by atoms with Crippen molar-refractivity contribution in [1.82, 2.24) is 5.43 Å². The molecule has 1 aliphatic rings. The zero-order valence-electron chi connectivity index (χ0n) is 14.1. The second-order valence-corrected chi connectivity index (χ2v) is 6.72. The Bertz CT molecular complexity index is 982. The van der Waals surface area contributed by atoms with Crippen LogP contribution >= 0.6 is 15.9 Å². The molecule has 27 heavy (non-hydrogen) atoms. The van der Waals surface area contributed by atoms with E-state index in [0.717, 1.165) is 15.8 Å². The number of ether oxygens (including phenoxy) is 2. The van der Waals surface area contributed by atoms with Crippen LogP contribution in [-0.4, -0.2) is 24.8 Å². The number of hydrogen-bond donors (Lipinski definition) is 1. The van der Waals surface area contributed by atoms with Gasteiger partial charge in [-0.25, -0.2) is 5.43 Å². The number of rotatable bonds is 4. The summed E-state index contributed by atoms with van der Waals surface area (Å²) in [5, 5.41) is 3.93. The van der Waals surface area contributed by atoms with E-state index in [4.69, 9.17) is 13.9 Å². The Morgan fingerprint density at radius 1 is 1.07 bits per heavy atom. The van der Waals surface area contributed by atoms with Crippen LogP contribution in [0.2, 0.25) is 0 Å². The third-order valence-corrected chi connectivity index (χ3v) is 4.45. The number of carbonyl (C=O) groups excluding carboxylic acids is 1. The highest BCUT2D eigenvalue weighted by Crippen LogP contribution is 2.30. The Labute approximate surface area is 163 Å². The minimum absolute atomic E-state index is 0.132. The van der Waals surface area contributed by atoms with E-state index in [-0.39, 0.29) is 12.5 Å². The van der Waals surface area contributed by atoms with Crippen LogP contribution in [0, 0.1) is 0 Å². The van der Waals surface area contributed by atoms with Crippen LogP contribution in [0.5, 0.6) is 11.5 Å². The zero-order chi connectivity index (χ0) is 18.6. The maximum absolute atomic E-state index is 12.2. The Kier molecular flexibility index (Phi) is 4.93. The van der Waals surface area contributed by atoms with E-state index in [0.29, 0.717) is 17.3 Å². The summed E-state index contributed by atoms with van der Waals surface area (Å²) in [5.74, 6) is 2.02. The van der Waals surface area contributed by atoms with Crippen LogP contribution in [0.3, 0.4) is 0 Å². The average molecular weight is 427 g/mol. The maximum atomic E-state index is 12.2. The molecule has 1 amide bonds. The summed E-state index contributed by atoms with van der Waals surface area (Å²) in [6.07, 6.45) is 0.685. The zero-order valence-corrected chi connectivity index (χ0v) is 15.7. The highest BCUT2D eigenvalue weighted by atomic mass is 79.9. The van der Waals surface area contributed by atoms with Gasteiger partial charge >= 0.3 is 0 Å². The van der Waals surface area contributed by atoms with Crippen molar-refractivity contribution in [3.05, 3.63) is 70.9 Å². The summed E-state index contributed by atoms with van der Waals surface area (Å²) in [7, 11) is 0. The van der Waals surface area contributed by atoms with Gasteiger partial charge in [0, 0.05) is 10.0 Å². The molecular formula is C20H15BrN2O4. The number of halogens is 1. The molecule has 2 aromatic carbocycles. The van der Waals surface area contributed by atoms with Gasteiger partial charge in [0.15, 0.2) is 11.5 Å². The Morgan fingerprint density at radius 3 is 2.67 bits per heavy atom. The molecule has 0 saturated heterocycles. The first-order chi connectivity index (χ1) is 13.2. The van der Waals surface area contributed by atoms with Crippen molar-refractivity contribution in [2.24, 2.45) is 5.10 Å². The summed E-state index contributed by atoms with van der Waals surface area (Å²) in [6.45, 7) is 0.132. The van der Waals surface area contributed by atoms with Gasteiger partial charge in [-0.3, -0.25) is 4.79 Å². The summed E-state index contributed by atoms with van der Waals surface area (Å²) < 4.78 is 17.9. The van der Waals surface area contributed by atoms with Crippen molar-refractivity contribution in [2.75, 3.05) is 6.61 Å². The predicted molar refractivity (Wildman–Crippen MR) is 104 cm³/mol. The van der Waals surface area contributed by atoms with Crippen LogP contribution in [0.1, 0.15) is 5.76 Å². The van der Waals surface area contributed by atoms with Crippen molar-refractivity contribution in [3.8, 4) is 22.8 Å². The Balaban J connectivity index is 1.36. The number of benzene rings is 2. The van der Waals surface area contributed by atoms with Crippen LogP contribution in [0.25, 0.3) is 11.3 Å². The Morgan fingerprint density at radius 2 is 1.85 bits per heavy atom. The van der Waals surface area contributed by atoms with Crippen LogP contribution in [0.15, 0.2) is 74.7 Å². The normalized spacial score (nSPS) is 15.7. The molecule has 0 radical (unpaired) electrons. The van der Waals surface area contributed by atoms with Gasteiger partial charge in [-0.1, -0.05) is 40.2 Å². The van der Waals surface area contributed by atoms with Crippen LogP contribution in [-0.2, 0) is 4.79 Å². The first-order valence-corrected chi connectivity index (χ1v) is 9.05. The molecule has 0 fully saturated rings. The maximum Gasteiger partial charge on any atom is 0.284 e. The van der Waals surface area contributed by atoms with E-state index in [2.05, 4.69) is 26.5 Å². The molecule has 1 N–H and O–H groups in total. The summed E-state index contributed by atoms with van der Waals surface area (Å²) >= 11 is 3.40. The van der Waals surface area contributed by atoms with Crippen molar-refractivity contribution in [2.45, 2.75) is 6.10 Å². The third kappa shape index (κ3) is 4.03. The van der Waals surface area contributed by atoms with E-state index in [1.165, 1.54) is 6.21 Å². The van der Waals surface area contributed by atoms with E-state index >= 15 is 0 Å². The molecule has 7 heteroatoms. The van der Waals surface area contributed by atoms with E-state index < -0.39 is 6.10 Å². The molecule has 0 bridgehead atoms. The van der Waals surface area contributed by atoms with E-state index in [9.17, 15) is 4.79 Å². The number of hydrogen-bond acceptors (Lipinski definition) is 5. The van der Waals surface area contributed by atoms with Crippen LogP contribution < -0.4 is 14.9 Å². The highest BCUT2D eigenvalue weighted by Gasteiger charge is 2.26. The van der Waals surface area contributed by atoms with E-state index in [1.807, 2.05) is 42.5 Å². The molecule has 0 spiro atoms. The minimum Gasteiger partial charge on any atom is -0.485 e. The number of nitrogens with one attached hydrogen (secondary N) is 1. The van der Waals surface area contributed by atoms with Gasteiger partial charge in [0.05, 0.1) is 6.21 Å². The van der Waals surface area contributed by atoms with Gasteiger partial charge in [0.2, 0.25) is 6.10 Å². The fourth-order valence-electron chi connectivity index (χ4n) is 2.57. The number of carbonyl (C=O) groups is 1. The van der Waals surface area contributed by atoms with E-state index in [1.54, 1.807) is 18.2 Å².